The van der Waals surface area contributed by atoms with E-state index in [0.717, 1.165) is 32.1 Å². The van der Waals surface area contributed by atoms with Crippen LogP contribution in [0.5, 0.6) is 0 Å². The number of sulfonamides is 1. The molecule has 10 heteroatoms. The number of piperidine rings is 1. The minimum atomic E-state index is -3.58. The molecule has 0 saturated carbocycles. The van der Waals surface area contributed by atoms with Crippen LogP contribution in [0.2, 0.25) is 0 Å². The molecule has 5 rings (SSSR count). The molecule has 34 heavy (non-hydrogen) atoms. The molecule has 0 radical (unpaired) electrons. The number of benzene rings is 2. The van der Waals surface area contributed by atoms with Crippen LogP contribution in [0.25, 0.3) is 10.2 Å². The first-order valence-corrected chi connectivity index (χ1v) is 13.8. The Bertz CT molecular complexity index is 1280. The molecule has 0 spiro atoms. The summed E-state index contributed by atoms with van der Waals surface area (Å²) in [5.41, 5.74) is 0.575. The largest absolute Gasteiger partial charge is 0.376 e. The molecule has 2 saturated heterocycles. The molecule has 0 N–H and O–H groups in total. The Hall–Kier alpha value is -2.40. The summed E-state index contributed by atoms with van der Waals surface area (Å²) in [4.78, 5) is 19.7. The number of rotatable bonds is 6. The van der Waals surface area contributed by atoms with Gasteiger partial charge < -0.3 is 4.74 Å². The molecular formula is C24H26FN3O4S2. The molecule has 1 amide bonds. The van der Waals surface area contributed by atoms with Crippen molar-refractivity contribution in [3.8, 4) is 0 Å². The number of para-hydroxylation sites is 1. The number of fused-ring (bicyclic) bond motifs is 1. The maximum Gasteiger partial charge on any atom is 0.260 e. The number of carbonyl (C=O) groups is 1. The Morgan fingerprint density at radius 2 is 1.88 bits per heavy atom. The highest BCUT2D eigenvalue weighted by molar-refractivity contribution is 7.89. The second-order valence-corrected chi connectivity index (χ2v) is 11.6. The zero-order chi connectivity index (χ0) is 23.7. The molecule has 1 aromatic heterocycles. The summed E-state index contributed by atoms with van der Waals surface area (Å²) in [6.07, 6.45) is 4.38. The molecule has 2 aliphatic rings. The van der Waals surface area contributed by atoms with Crippen LogP contribution in [0.3, 0.4) is 0 Å². The van der Waals surface area contributed by atoms with E-state index in [1.54, 1.807) is 12.1 Å². The second kappa shape index (κ2) is 9.69. The lowest BCUT2D eigenvalue weighted by Gasteiger charge is -2.26. The normalized spacial score (nSPS) is 19.5. The average molecular weight is 504 g/mol. The van der Waals surface area contributed by atoms with Crippen molar-refractivity contribution in [2.24, 2.45) is 0 Å². The zero-order valence-electron chi connectivity index (χ0n) is 18.7. The fourth-order valence-electron chi connectivity index (χ4n) is 4.44. The lowest BCUT2D eigenvalue weighted by atomic mass is 10.2. The van der Waals surface area contributed by atoms with E-state index in [2.05, 4.69) is 4.98 Å². The first kappa shape index (κ1) is 23.3. The van der Waals surface area contributed by atoms with Crippen LogP contribution in [-0.4, -0.2) is 56.0 Å². The van der Waals surface area contributed by atoms with Gasteiger partial charge in [0.05, 0.1) is 22.2 Å². The lowest BCUT2D eigenvalue weighted by molar-refractivity contribution is 0.0917. The minimum absolute atomic E-state index is 0.125. The molecule has 3 heterocycles. The summed E-state index contributed by atoms with van der Waals surface area (Å²) >= 11 is 1.25. The first-order chi connectivity index (χ1) is 16.4. The number of nitrogens with zero attached hydrogens (tertiary/aromatic N) is 3. The number of carbonyl (C=O) groups excluding carboxylic acids is 1. The van der Waals surface area contributed by atoms with Crippen molar-refractivity contribution in [2.75, 3.05) is 31.1 Å². The van der Waals surface area contributed by atoms with E-state index < -0.39 is 15.8 Å². The van der Waals surface area contributed by atoms with Gasteiger partial charge in [0, 0.05) is 25.3 Å². The molecule has 1 atom stereocenters. The van der Waals surface area contributed by atoms with E-state index >= 15 is 0 Å². The smallest absolute Gasteiger partial charge is 0.260 e. The van der Waals surface area contributed by atoms with Gasteiger partial charge in [0.1, 0.15) is 11.3 Å². The fraction of sp³-hybridized carbons (Fsp3) is 0.417. The predicted octanol–water partition coefficient (Wildman–Crippen LogP) is 4.44. The molecule has 0 bridgehead atoms. The van der Waals surface area contributed by atoms with Gasteiger partial charge in [-0.05, 0) is 62.1 Å². The van der Waals surface area contributed by atoms with Crippen LogP contribution in [0, 0.1) is 5.82 Å². The summed E-state index contributed by atoms with van der Waals surface area (Å²) in [7, 11) is -3.58. The van der Waals surface area contributed by atoms with Gasteiger partial charge in [-0.25, -0.2) is 17.8 Å². The van der Waals surface area contributed by atoms with Gasteiger partial charge in [0.25, 0.3) is 5.91 Å². The SMILES string of the molecule is O=C(c1ccc(S(=O)(=O)N2CCCCC2)cc1)N(CC1CCCO1)c1nc2c(F)cccc2s1. The third-order valence-electron chi connectivity index (χ3n) is 6.30. The number of aromatic nitrogens is 1. The summed E-state index contributed by atoms with van der Waals surface area (Å²) in [6, 6.07) is 10.8. The van der Waals surface area contributed by atoms with Crippen LogP contribution in [0.1, 0.15) is 42.5 Å². The Balaban J connectivity index is 1.44. The Morgan fingerprint density at radius 1 is 1.12 bits per heavy atom. The van der Waals surface area contributed by atoms with Crippen LogP contribution >= 0.6 is 11.3 Å². The van der Waals surface area contributed by atoms with Crippen molar-refractivity contribution in [1.29, 1.82) is 0 Å². The topological polar surface area (TPSA) is 79.8 Å². The summed E-state index contributed by atoms with van der Waals surface area (Å²) in [5.74, 6) is -0.756. The Labute approximate surface area is 202 Å². The average Bonchev–Trinajstić information content (AvgIpc) is 3.53. The molecule has 180 valence electrons. The molecule has 7 nitrogen and oxygen atoms in total. The van der Waals surface area contributed by atoms with Gasteiger partial charge >= 0.3 is 0 Å². The maximum atomic E-state index is 14.3. The molecule has 1 unspecified atom stereocenters. The van der Waals surface area contributed by atoms with Gasteiger partial charge in [0.2, 0.25) is 10.0 Å². The quantitative estimate of drug-likeness (QED) is 0.497. The van der Waals surface area contributed by atoms with E-state index in [1.807, 2.05) is 0 Å². The highest BCUT2D eigenvalue weighted by Crippen LogP contribution is 2.32. The Kier molecular flexibility index (Phi) is 6.65. The van der Waals surface area contributed by atoms with Gasteiger partial charge in [-0.15, -0.1) is 0 Å². The van der Waals surface area contributed by atoms with Crippen LogP contribution in [0.15, 0.2) is 47.4 Å². The molecule has 0 aliphatic carbocycles. The number of ether oxygens (including phenoxy) is 1. The third-order valence-corrected chi connectivity index (χ3v) is 9.26. The first-order valence-electron chi connectivity index (χ1n) is 11.5. The van der Waals surface area contributed by atoms with E-state index in [9.17, 15) is 17.6 Å². The van der Waals surface area contributed by atoms with E-state index in [0.29, 0.717) is 41.6 Å². The van der Waals surface area contributed by atoms with Crippen molar-refractivity contribution in [3.05, 3.63) is 53.8 Å². The van der Waals surface area contributed by atoms with E-state index in [-0.39, 0.29) is 22.4 Å². The lowest BCUT2D eigenvalue weighted by Crippen LogP contribution is -2.37. The molecule has 2 aromatic carbocycles. The minimum Gasteiger partial charge on any atom is -0.376 e. The zero-order valence-corrected chi connectivity index (χ0v) is 20.3. The summed E-state index contributed by atoms with van der Waals surface area (Å²) in [6.45, 7) is 1.98. The predicted molar refractivity (Wildman–Crippen MR) is 129 cm³/mol. The standard InChI is InChI=1S/C24H26FN3O4S2/c25-20-7-4-8-21-22(20)26-24(33-21)28(16-18-6-5-15-32-18)23(29)17-9-11-19(12-10-17)34(30,31)27-13-2-1-3-14-27/h4,7-12,18H,1-3,5-6,13-16H2. The van der Waals surface area contributed by atoms with Crippen molar-refractivity contribution >= 4 is 42.6 Å². The van der Waals surface area contributed by atoms with Gasteiger partial charge in [-0.2, -0.15) is 4.31 Å². The van der Waals surface area contributed by atoms with Crippen molar-refractivity contribution in [2.45, 2.75) is 43.1 Å². The molecular weight excluding hydrogens is 477 g/mol. The van der Waals surface area contributed by atoms with Crippen LogP contribution in [0.4, 0.5) is 9.52 Å². The number of thiazole rings is 1. The number of halogens is 1. The fourth-order valence-corrected chi connectivity index (χ4v) is 6.94. The van der Waals surface area contributed by atoms with Crippen LogP contribution < -0.4 is 4.90 Å². The van der Waals surface area contributed by atoms with Gasteiger partial charge in [-0.3, -0.25) is 9.69 Å². The molecule has 3 aromatic rings. The molecule has 2 aliphatic heterocycles. The van der Waals surface area contributed by atoms with Crippen molar-refractivity contribution in [1.82, 2.24) is 9.29 Å². The van der Waals surface area contributed by atoms with Gasteiger partial charge in [0.15, 0.2) is 5.13 Å². The number of amides is 1. The van der Waals surface area contributed by atoms with E-state index in [1.165, 1.54) is 50.9 Å². The highest BCUT2D eigenvalue weighted by Gasteiger charge is 2.29. The maximum absolute atomic E-state index is 14.3. The summed E-state index contributed by atoms with van der Waals surface area (Å²) in [5, 5.41) is 0.394. The second-order valence-electron chi connectivity index (χ2n) is 8.62. The van der Waals surface area contributed by atoms with Crippen molar-refractivity contribution in [3.63, 3.8) is 0 Å². The highest BCUT2D eigenvalue weighted by atomic mass is 32.2. The number of anilines is 1. The van der Waals surface area contributed by atoms with E-state index in [4.69, 9.17) is 4.74 Å². The summed E-state index contributed by atoms with van der Waals surface area (Å²) < 4.78 is 48.1. The number of hydrogen-bond donors (Lipinski definition) is 0. The van der Waals surface area contributed by atoms with Gasteiger partial charge in [-0.1, -0.05) is 23.8 Å². The Morgan fingerprint density at radius 3 is 2.56 bits per heavy atom. The number of hydrogen-bond acceptors (Lipinski definition) is 6. The third kappa shape index (κ3) is 4.59. The molecule has 2 fully saturated rings. The van der Waals surface area contributed by atoms with Crippen LogP contribution in [-0.2, 0) is 14.8 Å². The van der Waals surface area contributed by atoms with Crippen molar-refractivity contribution < 1.29 is 22.3 Å². The monoisotopic (exact) mass is 503 g/mol.